The van der Waals surface area contributed by atoms with Crippen molar-refractivity contribution in [1.82, 2.24) is 9.78 Å². The van der Waals surface area contributed by atoms with E-state index in [1.165, 1.54) is 9.80 Å². The van der Waals surface area contributed by atoms with Crippen molar-refractivity contribution in [2.45, 2.75) is 32.6 Å². The van der Waals surface area contributed by atoms with Crippen LogP contribution in [0.1, 0.15) is 36.8 Å². The quantitative estimate of drug-likeness (QED) is 0.110. The van der Waals surface area contributed by atoms with Gasteiger partial charge in [0.15, 0.2) is 0 Å². The molecular weight excluding hydrogens is 891 g/mol. The summed E-state index contributed by atoms with van der Waals surface area (Å²) in [6.45, 7) is 3.82. The van der Waals surface area contributed by atoms with Gasteiger partial charge in [0.25, 0.3) is 0 Å². The number of phenolic OH excluding ortho intramolecular Hbond substituents is 1. The molecule has 1 saturated carbocycles. The number of carbonyl (C=O) groups excluding carboxylic acids is 4. The molecule has 2 saturated heterocycles. The van der Waals surface area contributed by atoms with Crippen LogP contribution in [0.25, 0.3) is 20.7 Å². The summed E-state index contributed by atoms with van der Waals surface area (Å²) in [6, 6.07) is 19.9. The number of hydrogen-bond donors (Lipinski definition) is 1. The standard InChI is InChI=1S/C40H31BrClIN4O5S/c1-18-25-15-20(42)5-13-31(25)53-35(18)29-17-32(45(3)44-29)47-37(50)28-16-26-23(34(40(28,2)39(47)52)27-14-19(41)4-12-30(27)48)10-11-24-33(26)38(51)46(36(24)49)22-8-6-21(43)7-9-22/h4-10,12-15,17,24,26,28,33-34,48H,11,16H2,1-3H3. The van der Waals surface area contributed by atoms with Crippen molar-refractivity contribution < 1.29 is 24.3 Å². The Balaban J connectivity index is 1.16. The fourth-order valence-electron chi connectivity index (χ4n) is 9.39. The molecule has 6 atom stereocenters. The number of imide groups is 2. The van der Waals surface area contributed by atoms with Gasteiger partial charge in [-0.1, -0.05) is 39.2 Å². The highest BCUT2D eigenvalue weighted by Gasteiger charge is 2.68. The zero-order valence-electron chi connectivity index (χ0n) is 28.6. The molecule has 4 heterocycles. The zero-order chi connectivity index (χ0) is 37.2. The summed E-state index contributed by atoms with van der Waals surface area (Å²) in [6.07, 6.45) is 2.50. The van der Waals surface area contributed by atoms with Gasteiger partial charge >= 0.3 is 0 Å². The maximum absolute atomic E-state index is 15.1. The predicted molar refractivity (Wildman–Crippen MR) is 216 cm³/mol. The average molecular weight is 922 g/mol. The number of fused-ring (bicyclic) bond motifs is 5. The number of rotatable bonds is 4. The number of thiophene rings is 1. The number of amides is 4. The predicted octanol–water partition coefficient (Wildman–Crippen LogP) is 8.77. The lowest BCUT2D eigenvalue weighted by atomic mass is 9.51. The lowest BCUT2D eigenvalue weighted by molar-refractivity contribution is -0.131. The highest BCUT2D eigenvalue weighted by atomic mass is 127. The first kappa shape index (κ1) is 34.9. The third-order valence-electron chi connectivity index (χ3n) is 11.9. The van der Waals surface area contributed by atoms with Crippen LogP contribution in [0.15, 0.2) is 82.9 Å². The van der Waals surface area contributed by atoms with Crippen LogP contribution in [0.3, 0.4) is 0 Å². The molecule has 13 heteroatoms. The third-order valence-corrected chi connectivity index (χ3v) is 14.6. The topological polar surface area (TPSA) is 113 Å². The second kappa shape index (κ2) is 12.3. The molecule has 2 aliphatic carbocycles. The SMILES string of the molecule is Cc1c(-c2cc(N3C(=O)C4CC5C(=CCC6C(=O)N(c7ccc(I)cc7)C(=O)C65)C(c5cc(Br)ccc5O)C4(C)C3=O)n(C)n2)sc2ccc(Cl)cc12. The van der Waals surface area contributed by atoms with Crippen molar-refractivity contribution in [2.24, 2.45) is 36.1 Å². The fourth-order valence-corrected chi connectivity index (χ4v) is 11.5. The largest absolute Gasteiger partial charge is 0.508 e. The summed E-state index contributed by atoms with van der Waals surface area (Å²) in [7, 11) is 1.72. The van der Waals surface area contributed by atoms with E-state index in [2.05, 4.69) is 38.5 Å². The minimum atomic E-state index is -1.32. The Kier molecular flexibility index (Phi) is 8.12. The number of halogens is 3. The Morgan fingerprint density at radius 3 is 2.47 bits per heavy atom. The lowest BCUT2D eigenvalue weighted by Crippen LogP contribution is -2.49. The van der Waals surface area contributed by atoms with E-state index < -0.39 is 40.9 Å². The maximum atomic E-state index is 15.1. The number of aromatic nitrogens is 2. The van der Waals surface area contributed by atoms with Crippen molar-refractivity contribution in [3.63, 3.8) is 0 Å². The molecule has 2 aliphatic heterocycles. The van der Waals surface area contributed by atoms with Crippen molar-refractivity contribution in [2.75, 3.05) is 9.80 Å². The molecule has 53 heavy (non-hydrogen) atoms. The summed E-state index contributed by atoms with van der Waals surface area (Å²) in [4.78, 5) is 61.7. The zero-order valence-corrected chi connectivity index (χ0v) is 34.0. The van der Waals surface area contributed by atoms with E-state index in [-0.39, 0.29) is 29.9 Å². The van der Waals surface area contributed by atoms with Gasteiger partial charge in [-0.2, -0.15) is 5.10 Å². The van der Waals surface area contributed by atoms with Crippen molar-refractivity contribution in [1.29, 1.82) is 0 Å². The highest BCUT2D eigenvalue weighted by molar-refractivity contribution is 14.1. The molecule has 4 amide bonds. The van der Waals surface area contributed by atoms with Crippen LogP contribution in [-0.4, -0.2) is 38.5 Å². The summed E-state index contributed by atoms with van der Waals surface area (Å²) in [5.74, 6) is -4.45. The number of nitrogens with zero attached hydrogens (tertiary/aromatic N) is 4. The molecular formula is C40H31BrClIN4O5S. The molecule has 268 valence electrons. The molecule has 9 rings (SSSR count). The molecule has 6 unspecified atom stereocenters. The second-order valence-corrected chi connectivity index (χ2v) is 18.2. The van der Waals surface area contributed by atoms with E-state index in [0.717, 1.165) is 29.7 Å². The summed E-state index contributed by atoms with van der Waals surface area (Å²) in [5, 5.41) is 17.9. The van der Waals surface area contributed by atoms with E-state index in [0.29, 0.717) is 38.7 Å². The molecule has 2 aromatic heterocycles. The number of aromatic hydroxyl groups is 1. The smallest absolute Gasteiger partial charge is 0.242 e. The highest BCUT2D eigenvalue weighted by Crippen LogP contribution is 2.64. The van der Waals surface area contributed by atoms with Crippen LogP contribution < -0.4 is 9.80 Å². The summed E-state index contributed by atoms with van der Waals surface area (Å²) >= 11 is 13.6. The number of hydrogen-bond acceptors (Lipinski definition) is 7. The van der Waals surface area contributed by atoms with Crippen molar-refractivity contribution >= 4 is 107 Å². The van der Waals surface area contributed by atoms with E-state index in [1.807, 2.05) is 50.3 Å². The minimum Gasteiger partial charge on any atom is -0.508 e. The third kappa shape index (κ3) is 5.00. The van der Waals surface area contributed by atoms with Crippen LogP contribution >= 0.6 is 61.5 Å². The van der Waals surface area contributed by atoms with Crippen LogP contribution in [0.2, 0.25) is 5.02 Å². The van der Waals surface area contributed by atoms with Crippen LogP contribution in [0.5, 0.6) is 5.75 Å². The first-order valence-corrected chi connectivity index (χ1v) is 20.3. The molecule has 4 aliphatic rings. The Bertz CT molecular complexity index is 2500. The van der Waals surface area contributed by atoms with Gasteiger partial charge in [-0.3, -0.25) is 28.8 Å². The number of aryl methyl sites for hydroxylation is 2. The molecule has 3 aromatic carbocycles. The van der Waals surface area contributed by atoms with Crippen LogP contribution in [0.4, 0.5) is 11.5 Å². The van der Waals surface area contributed by atoms with Gasteiger partial charge in [0.05, 0.1) is 33.7 Å². The normalized spacial score (nSPS) is 26.7. The van der Waals surface area contributed by atoms with Gasteiger partial charge in [-0.15, -0.1) is 11.3 Å². The molecule has 9 nitrogen and oxygen atoms in total. The number of phenols is 1. The Hall–Kier alpha value is -3.85. The number of benzene rings is 3. The van der Waals surface area contributed by atoms with Gasteiger partial charge in [-0.05, 0) is 127 Å². The van der Waals surface area contributed by atoms with E-state index in [9.17, 15) is 19.5 Å². The monoisotopic (exact) mass is 920 g/mol. The number of carbonyl (C=O) groups is 4. The molecule has 1 N–H and O–H groups in total. The molecule has 5 aromatic rings. The maximum Gasteiger partial charge on any atom is 0.242 e. The Morgan fingerprint density at radius 2 is 1.72 bits per heavy atom. The lowest BCUT2D eigenvalue weighted by Gasteiger charge is -2.49. The second-order valence-electron chi connectivity index (χ2n) is 14.6. The van der Waals surface area contributed by atoms with Crippen LogP contribution in [0, 0.1) is 39.6 Å². The Labute approximate surface area is 335 Å². The first-order valence-electron chi connectivity index (χ1n) is 17.2. The van der Waals surface area contributed by atoms with Gasteiger partial charge < -0.3 is 5.11 Å². The number of allylic oxidation sites excluding steroid dienone is 2. The molecule has 0 radical (unpaired) electrons. The van der Waals surface area contributed by atoms with E-state index in [4.69, 9.17) is 16.7 Å². The van der Waals surface area contributed by atoms with Crippen LogP contribution in [-0.2, 0) is 26.2 Å². The molecule has 0 bridgehead atoms. The van der Waals surface area contributed by atoms with Gasteiger partial charge in [0, 0.05) is 42.4 Å². The average Bonchev–Trinajstić information content (AvgIpc) is 3.80. The fraction of sp³-hybridized carbons (Fsp3) is 0.275. The molecule has 0 spiro atoms. The van der Waals surface area contributed by atoms with Gasteiger partial charge in [0.2, 0.25) is 23.6 Å². The van der Waals surface area contributed by atoms with E-state index in [1.54, 1.807) is 59.5 Å². The first-order chi connectivity index (χ1) is 25.3. The minimum absolute atomic E-state index is 0.0157. The number of anilines is 2. The summed E-state index contributed by atoms with van der Waals surface area (Å²) in [5.41, 5.74) is 2.12. The van der Waals surface area contributed by atoms with Crippen molar-refractivity contribution in [3.8, 4) is 16.3 Å². The van der Waals surface area contributed by atoms with Gasteiger partial charge in [0.1, 0.15) is 17.3 Å². The summed E-state index contributed by atoms with van der Waals surface area (Å²) < 4.78 is 4.29. The van der Waals surface area contributed by atoms with Crippen molar-refractivity contribution in [3.05, 3.63) is 103 Å². The molecule has 3 fully saturated rings. The Morgan fingerprint density at radius 1 is 0.962 bits per heavy atom. The van der Waals surface area contributed by atoms with E-state index >= 15 is 4.79 Å². The van der Waals surface area contributed by atoms with Gasteiger partial charge in [-0.25, -0.2) is 4.90 Å².